The standard InChI is InChI=1S/C29H34F3N7OS/c1-18(2)37-8-10-38(11-9-37)23-14-21(29(30,31)32)13-22(15-23)35-27(40)20-7-6-19(3)24(12-20)39-17-25(36(39)5)26-16-34-28(33-4)41-26/h6-7,12-18H,8-11H2,1-5H3,(H,33,34)(H,35,40). The third-order valence-corrected chi connectivity index (χ3v) is 8.56. The monoisotopic (exact) mass is 585 g/mol. The average molecular weight is 586 g/mol. The van der Waals surface area contributed by atoms with Gasteiger partial charge in [0.2, 0.25) is 0 Å². The molecule has 218 valence electrons. The number of alkyl halides is 3. The van der Waals surface area contributed by atoms with Crippen LogP contribution < -0.4 is 15.5 Å². The highest BCUT2D eigenvalue weighted by atomic mass is 32.1. The van der Waals surface area contributed by atoms with Crippen molar-refractivity contribution < 1.29 is 18.0 Å². The number of rotatable bonds is 7. The number of piperazine rings is 1. The second kappa shape index (κ2) is 11.2. The molecule has 5 rings (SSSR count). The minimum absolute atomic E-state index is 0.113. The lowest BCUT2D eigenvalue weighted by Gasteiger charge is -2.38. The fraction of sp³-hybridized carbons (Fsp3) is 0.379. The molecule has 4 aromatic rings. The molecular formula is C29H34F3N7OS. The second-order valence-electron chi connectivity index (χ2n) is 10.5. The van der Waals surface area contributed by atoms with Gasteiger partial charge in [-0.15, -0.1) is 0 Å². The molecular weight excluding hydrogens is 551 g/mol. The molecule has 41 heavy (non-hydrogen) atoms. The number of amides is 1. The number of hydrogen-bond donors (Lipinski definition) is 2. The molecule has 1 aliphatic heterocycles. The van der Waals surface area contributed by atoms with Gasteiger partial charge in [0.1, 0.15) is 0 Å². The van der Waals surface area contributed by atoms with Gasteiger partial charge in [-0.25, -0.2) is 4.98 Å². The van der Waals surface area contributed by atoms with E-state index in [0.717, 1.165) is 52.2 Å². The Morgan fingerprint density at radius 3 is 2.41 bits per heavy atom. The number of nitrogens with zero attached hydrogens (tertiary/aromatic N) is 5. The first kappa shape index (κ1) is 28.7. The number of nitrogens with one attached hydrogen (secondary N) is 2. The summed E-state index contributed by atoms with van der Waals surface area (Å²) in [7, 11) is 3.74. The van der Waals surface area contributed by atoms with E-state index in [-0.39, 0.29) is 5.69 Å². The molecule has 0 bridgehead atoms. The summed E-state index contributed by atoms with van der Waals surface area (Å²) in [5, 5.41) is 6.57. The summed E-state index contributed by atoms with van der Waals surface area (Å²) in [5.74, 6) is -0.477. The van der Waals surface area contributed by atoms with Crippen LogP contribution in [0.4, 0.5) is 29.7 Å². The van der Waals surface area contributed by atoms with Gasteiger partial charge < -0.3 is 15.5 Å². The lowest BCUT2D eigenvalue weighted by Crippen LogP contribution is -2.49. The zero-order valence-corrected chi connectivity index (χ0v) is 24.5. The van der Waals surface area contributed by atoms with Crippen molar-refractivity contribution in [1.29, 1.82) is 0 Å². The van der Waals surface area contributed by atoms with Crippen LogP contribution in [0.1, 0.15) is 35.3 Å². The Kier molecular flexibility index (Phi) is 7.89. The Labute approximate surface area is 241 Å². The van der Waals surface area contributed by atoms with E-state index in [4.69, 9.17) is 0 Å². The Morgan fingerprint density at radius 2 is 1.80 bits per heavy atom. The van der Waals surface area contributed by atoms with Gasteiger partial charge in [-0.05, 0) is 56.7 Å². The molecule has 1 aliphatic rings. The molecule has 2 aromatic heterocycles. The fourth-order valence-corrected chi connectivity index (χ4v) is 5.85. The van der Waals surface area contributed by atoms with Gasteiger partial charge in [-0.1, -0.05) is 17.4 Å². The maximum absolute atomic E-state index is 13.8. The van der Waals surface area contributed by atoms with Gasteiger partial charge >= 0.3 is 6.18 Å². The van der Waals surface area contributed by atoms with Crippen LogP contribution in [0.3, 0.4) is 0 Å². The third kappa shape index (κ3) is 5.98. The van der Waals surface area contributed by atoms with Crippen LogP contribution in [0.5, 0.6) is 0 Å². The number of halogens is 3. The van der Waals surface area contributed by atoms with Crippen molar-refractivity contribution in [2.75, 3.05) is 48.8 Å². The summed E-state index contributed by atoms with van der Waals surface area (Å²) in [6.07, 6.45) is -0.764. The van der Waals surface area contributed by atoms with Gasteiger partial charge in [-0.3, -0.25) is 19.1 Å². The molecule has 3 heterocycles. The molecule has 12 heteroatoms. The highest BCUT2D eigenvalue weighted by Gasteiger charge is 2.32. The van der Waals surface area contributed by atoms with Crippen LogP contribution in [-0.2, 0) is 13.2 Å². The molecule has 1 amide bonds. The second-order valence-corrected chi connectivity index (χ2v) is 11.5. The van der Waals surface area contributed by atoms with Crippen molar-refractivity contribution in [3.63, 3.8) is 0 Å². The van der Waals surface area contributed by atoms with Crippen molar-refractivity contribution in [2.24, 2.45) is 7.05 Å². The fourth-order valence-electron chi connectivity index (χ4n) is 5.04. The Morgan fingerprint density at radius 1 is 1.07 bits per heavy atom. The van der Waals surface area contributed by atoms with Crippen molar-refractivity contribution in [3.05, 3.63) is 65.5 Å². The number of aromatic nitrogens is 3. The number of benzene rings is 2. The van der Waals surface area contributed by atoms with Crippen LogP contribution in [0.25, 0.3) is 16.3 Å². The van der Waals surface area contributed by atoms with E-state index in [2.05, 4.69) is 34.4 Å². The van der Waals surface area contributed by atoms with E-state index < -0.39 is 17.6 Å². The lowest BCUT2D eigenvalue weighted by atomic mass is 10.1. The molecule has 0 spiro atoms. The quantitative estimate of drug-likeness (QED) is 0.275. The zero-order valence-electron chi connectivity index (χ0n) is 23.7. The molecule has 2 aromatic carbocycles. The average Bonchev–Trinajstić information content (AvgIpc) is 3.41. The van der Waals surface area contributed by atoms with Crippen LogP contribution in [0, 0.1) is 6.92 Å². The number of thiazole rings is 1. The van der Waals surface area contributed by atoms with E-state index >= 15 is 0 Å². The molecule has 1 fully saturated rings. The minimum atomic E-state index is -4.54. The molecule has 1 saturated heterocycles. The summed E-state index contributed by atoms with van der Waals surface area (Å²) in [4.78, 5) is 22.9. The first-order valence-corrected chi connectivity index (χ1v) is 14.3. The predicted octanol–water partition coefficient (Wildman–Crippen LogP) is 6.09. The minimum Gasteiger partial charge on any atom is -0.369 e. The van der Waals surface area contributed by atoms with Gasteiger partial charge in [0, 0.05) is 69.5 Å². The molecule has 2 N–H and O–H groups in total. The predicted molar refractivity (Wildman–Crippen MR) is 158 cm³/mol. The lowest BCUT2D eigenvalue weighted by molar-refractivity contribution is -0.137. The summed E-state index contributed by atoms with van der Waals surface area (Å²) < 4.78 is 45.4. The van der Waals surface area contributed by atoms with Gasteiger partial charge in [-0.2, -0.15) is 13.2 Å². The molecule has 0 aliphatic carbocycles. The largest absolute Gasteiger partial charge is 0.416 e. The van der Waals surface area contributed by atoms with Gasteiger partial charge in [0.05, 0.1) is 28.0 Å². The van der Waals surface area contributed by atoms with Crippen LogP contribution in [-0.4, -0.2) is 64.4 Å². The smallest absolute Gasteiger partial charge is 0.369 e. The van der Waals surface area contributed by atoms with Crippen molar-refractivity contribution in [1.82, 2.24) is 19.2 Å². The Bertz CT molecular complexity index is 1540. The van der Waals surface area contributed by atoms with E-state index in [0.29, 0.717) is 30.4 Å². The van der Waals surface area contributed by atoms with Crippen LogP contribution in [0.15, 0.2) is 48.8 Å². The highest BCUT2D eigenvalue weighted by Crippen LogP contribution is 2.36. The normalized spacial score (nSPS) is 14.6. The molecule has 0 atom stereocenters. The first-order chi connectivity index (χ1) is 19.4. The number of aryl methyl sites for hydroxylation is 1. The number of carbonyl (C=O) groups excluding carboxylic acids is 1. The summed E-state index contributed by atoms with van der Waals surface area (Å²) in [5.41, 5.74) is 2.87. The van der Waals surface area contributed by atoms with Crippen molar-refractivity contribution in [2.45, 2.75) is 33.0 Å². The van der Waals surface area contributed by atoms with Crippen molar-refractivity contribution in [3.8, 4) is 16.3 Å². The zero-order chi connectivity index (χ0) is 29.5. The summed E-state index contributed by atoms with van der Waals surface area (Å²) >= 11 is 1.54. The maximum atomic E-state index is 13.8. The molecule has 8 nitrogen and oxygen atoms in total. The summed E-state index contributed by atoms with van der Waals surface area (Å²) in [6, 6.07) is 9.43. The molecule has 0 unspecified atom stereocenters. The van der Waals surface area contributed by atoms with E-state index in [1.54, 1.807) is 24.4 Å². The molecule has 0 saturated carbocycles. The number of hydrogen-bond acceptors (Lipinski definition) is 6. The number of carbonyl (C=O) groups is 1. The van der Waals surface area contributed by atoms with Crippen molar-refractivity contribution >= 4 is 33.8 Å². The van der Waals surface area contributed by atoms with Gasteiger partial charge in [0.25, 0.3) is 5.91 Å². The SMILES string of the molecule is CNc1ncc(-c2cn(-c3cc(C(=O)Nc4cc(N5CCN(C(C)C)CC5)cc(C(F)(F)F)c4)ccc3C)n2C)s1. The Hall–Kier alpha value is -3.77. The third-order valence-electron chi connectivity index (χ3n) is 7.52. The van der Waals surface area contributed by atoms with Crippen LogP contribution in [0.2, 0.25) is 0 Å². The van der Waals surface area contributed by atoms with E-state index in [1.807, 2.05) is 47.5 Å². The highest BCUT2D eigenvalue weighted by molar-refractivity contribution is 7.18. The van der Waals surface area contributed by atoms with Crippen LogP contribution >= 0.6 is 11.3 Å². The summed E-state index contributed by atoms with van der Waals surface area (Å²) in [6.45, 7) is 8.93. The van der Waals surface area contributed by atoms with Gasteiger partial charge in [0.15, 0.2) is 5.13 Å². The van der Waals surface area contributed by atoms with E-state index in [1.165, 1.54) is 11.3 Å². The topological polar surface area (TPSA) is 70.4 Å². The molecule has 0 radical (unpaired) electrons. The Balaban J connectivity index is 1.38. The maximum Gasteiger partial charge on any atom is 0.416 e. The number of anilines is 3. The first-order valence-electron chi connectivity index (χ1n) is 13.5. The van der Waals surface area contributed by atoms with E-state index in [9.17, 15) is 18.0 Å².